The predicted molar refractivity (Wildman–Crippen MR) is 85.7 cm³/mol. The maximum atomic E-state index is 11.8. The van der Waals surface area contributed by atoms with E-state index < -0.39 is 5.97 Å². The Kier molecular flexibility index (Phi) is 3.84. The molecule has 0 atom stereocenters. The Hall–Kier alpha value is -2.73. The van der Waals surface area contributed by atoms with E-state index in [9.17, 15) is 9.59 Å². The number of thiophene rings is 1. The summed E-state index contributed by atoms with van der Waals surface area (Å²) < 4.78 is 5.19. The maximum Gasteiger partial charge on any atom is 0.363 e. The standard InChI is InChI=1S/C16H12N2O3S/c1-10(19)17-12-6-4-11(5-7-12)15-18-14(16(20)21-15)9-13-3-2-8-22-13/h2-9H,1H3,(H,17,19)/b14-9-. The molecule has 110 valence electrons. The van der Waals surface area contributed by atoms with E-state index in [0.29, 0.717) is 11.3 Å². The molecule has 1 aliphatic heterocycles. The van der Waals surface area contributed by atoms with Crippen molar-refractivity contribution in [2.45, 2.75) is 6.92 Å². The maximum absolute atomic E-state index is 11.8. The summed E-state index contributed by atoms with van der Waals surface area (Å²) >= 11 is 1.52. The topological polar surface area (TPSA) is 67.8 Å². The summed E-state index contributed by atoms with van der Waals surface area (Å²) in [6.45, 7) is 1.44. The average molecular weight is 312 g/mol. The first-order valence-corrected chi connectivity index (χ1v) is 7.44. The number of anilines is 1. The van der Waals surface area contributed by atoms with Gasteiger partial charge in [0.25, 0.3) is 0 Å². The highest BCUT2D eigenvalue weighted by molar-refractivity contribution is 7.10. The third-order valence-electron chi connectivity index (χ3n) is 2.89. The fourth-order valence-electron chi connectivity index (χ4n) is 1.94. The van der Waals surface area contributed by atoms with E-state index >= 15 is 0 Å². The summed E-state index contributed by atoms with van der Waals surface area (Å²) in [5.74, 6) is -0.338. The monoisotopic (exact) mass is 312 g/mol. The number of hydrogen-bond donors (Lipinski definition) is 1. The second-order valence-corrected chi connectivity index (χ2v) is 5.59. The van der Waals surface area contributed by atoms with E-state index in [1.165, 1.54) is 18.3 Å². The third kappa shape index (κ3) is 3.12. The van der Waals surface area contributed by atoms with E-state index in [-0.39, 0.29) is 17.5 Å². The molecule has 1 aromatic carbocycles. The van der Waals surface area contributed by atoms with E-state index in [1.54, 1.807) is 30.3 Å². The van der Waals surface area contributed by atoms with Gasteiger partial charge in [0.1, 0.15) is 0 Å². The average Bonchev–Trinajstić information content (AvgIpc) is 3.10. The highest BCUT2D eigenvalue weighted by Crippen LogP contribution is 2.21. The molecule has 1 amide bonds. The first-order valence-electron chi connectivity index (χ1n) is 6.56. The summed E-state index contributed by atoms with van der Waals surface area (Å²) in [4.78, 5) is 28.0. The quantitative estimate of drug-likeness (QED) is 0.699. The lowest BCUT2D eigenvalue weighted by molar-refractivity contribution is -0.129. The van der Waals surface area contributed by atoms with E-state index in [0.717, 1.165) is 4.88 Å². The van der Waals surface area contributed by atoms with Gasteiger partial charge in [-0.2, -0.15) is 0 Å². The molecular formula is C16H12N2O3S. The molecule has 22 heavy (non-hydrogen) atoms. The lowest BCUT2D eigenvalue weighted by atomic mass is 10.2. The van der Waals surface area contributed by atoms with Crippen LogP contribution in [0.4, 0.5) is 5.69 Å². The van der Waals surface area contributed by atoms with Gasteiger partial charge in [-0.3, -0.25) is 4.79 Å². The molecule has 1 aliphatic rings. The largest absolute Gasteiger partial charge is 0.402 e. The Morgan fingerprint density at radius 2 is 2.05 bits per heavy atom. The summed E-state index contributed by atoms with van der Waals surface area (Å²) in [6.07, 6.45) is 1.70. The van der Waals surface area contributed by atoms with Crippen LogP contribution in [0.15, 0.2) is 52.5 Å². The van der Waals surface area contributed by atoms with Crippen LogP contribution in [0.25, 0.3) is 6.08 Å². The molecule has 5 nitrogen and oxygen atoms in total. The SMILES string of the molecule is CC(=O)Nc1ccc(C2=N/C(=C\c3cccs3)C(=O)O2)cc1. The number of rotatable bonds is 3. The summed E-state index contributed by atoms with van der Waals surface area (Å²) in [7, 11) is 0. The minimum Gasteiger partial charge on any atom is -0.402 e. The number of amides is 1. The van der Waals surface area contributed by atoms with Gasteiger partial charge in [0, 0.05) is 23.1 Å². The third-order valence-corrected chi connectivity index (χ3v) is 3.71. The molecule has 0 bridgehead atoms. The molecule has 0 aliphatic carbocycles. The van der Waals surface area contributed by atoms with Crippen molar-refractivity contribution in [3.63, 3.8) is 0 Å². The molecule has 1 aromatic heterocycles. The summed E-state index contributed by atoms with van der Waals surface area (Å²) in [5.41, 5.74) is 1.64. The normalized spacial score (nSPS) is 15.6. The Morgan fingerprint density at radius 1 is 1.27 bits per heavy atom. The van der Waals surface area contributed by atoms with Gasteiger partial charge in [-0.15, -0.1) is 11.3 Å². The number of nitrogens with one attached hydrogen (secondary N) is 1. The van der Waals surface area contributed by atoms with Crippen LogP contribution in [0, 0.1) is 0 Å². The first-order chi connectivity index (χ1) is 10.6. The van der Waals surface area contributed by atoms with Crippen LogP contribution in [0.5, 0.6) is 0 Å². The number of nitrogens with zero attached hydrogens (tertiary/aromatic N) is 1. The van der Waals surface area contributed by atoms with Crippen molar-refractivity contribution in [2.24, 2.45) is 4.99 Å². The second-order valence-electron chi connectivity index (χ2n) is 4.61. The number of esters is 1. The van der Waals surface area contributed by atoms with Crippen molar-refractivity contribution >= 4 is 40.9 Å². The molecule has 2 aromatic rings. The molecule has 2 heterocycles. The van der Waals surface area contributed by atoms with Crippen molar-refractivity contribution in [3.8, 4) is 0 Å². The Labute approximate surface area is 131 Å². The van der Waals surface area contributed by atoms with Crippen LogP contribution in [-0.4, -0.2) is 17.8 Å². The molecule has 0 spiro atoms. The van der Waals surface area contributed by atoms with Gasteiger partial charge in [0.05, 0.1) is 0 Å². The molecular weight excluding hydrogens is 300 g/mol. The first kappa shape index (κ1) is 14.2. The molecule has 0 radical (unpaired) electrons. The zero-order valence-corrected chi connectivity index (χ0v) is 12.5. The van der Waals surface area contributed by atoms with Crippen LogP contribution in [0.2, 0.25) is 0 Å². The zero-order valence-electron chi connectivity index (χ0n) is 11.7. The smallest absolute Gasteiger partial charge is 0.363 e. The number of ether oxygens (including phenoxy) is 1. The van der Waals surface area contributed by atoms with E-state index in [2.05, 4.69) is 10.3 Å². The van der Waals surface area contributed by atoms with Gasteiger partial charge < -0.3 is 10.1 Å². The van der Waals surface area contributed by atoms with Gasteiger partial charge >= 0.3 is 5.97 Å². The Morgan fingerprint density at radius 3 is 2.68 bits per heavy atom. The number of aliphatic imine (C=N–C) groups is 1. The Bertz CT molecular complexity index is 774. The Balaban J connectivity index is 1.83. The van der Waals surface area contributed by atoms with Gasteiger partial charge in [-0.25, -0.2) is 9.79 Å². The minimum absolute atomic E-state index is 0.140. The van der Waals surface area contributed by atoms with Crippen molar-refractivity contribution < 1.29 is 14.3 Å². The highest BCUT2D eigenvalue weighted by Gasteiger charge is 2.24. The highest BCUT2D eigenvalue weighted by atomic mass is 32.1. The van der Waals surface area contributed by atoms with Crippen LogP contribution in [-0.2, 0) is 14.3 Å². The van der Waals surface area contributed by atoms with Gasteiger partial charge in [-0.05, 0) is 41.8 Å². The van der Waals surface area contributed by atoms with Crippen molar-refractivity contribution in [1.82, 2.24) is 0 Å². The van der Waals surface area contributed by atoms with E-state index in [4.69, 9.17) is 4.74 Å². The molecule has 0 saturated heterocycles. The zero-order chi connectivity index (χ0) is 15.5. The lowest BCUT2D eigenvalue weighted by Crippen LogP contribution is -2.07. The molecule has 1 N–H and O–H groups in total. The number of cyclic esters (lactones) is 1. The molecule has 6 heteroatoms. The van der Waals surface area contributed by atoms with Crippen molar-refractivity contribution in [2.75, 3.05) is 5.32 Å². The minimum atomic E-state index is -0.464. The van der Waals surface area contributed by atoms with E-state index in [1.807, 2.05) is 17.5 Å². The van der Waals surface area contributed by atoms with Crippen LogP contribution < -0.4 is 5.32 Å². The number of benzene rings is 1. The van der Waals surface area contributed by atoms with Gasteiger partial charge in [0.15, 0.2) is 5.70 Å². The van der Waals surface area contributed by atoms with Crippen LogP contribution >= 0.6 is 11.3 Å². The van der Waals surface area contributed by atoms with Crippen molar-refractivity contribution in [1.29, 1.82) is 0 Å². The number of hydrogen-bond acceptors (Lipinski definition) is 5. The lowest BCUT2D eigenvalue weighted by Gasteiger charge is -2.03. The van der Waals surface area contributed by atoms with Crippen molar-refractivity contribution in [3.05, 3.63) is 57.9 Å². The molecule has 3 rings (SSSR count). The van der Waals surface area contributed by atoms with Gasteiger partial charge in [-0.1, -0.05) is 6.07 Å². The molecule has 0 unspecified atom stereocenters. The molecule has 0 fully saturated rings. The summed E-state index contributed by atoms with van der Waals surface area (Å²) in [5, 5.41) is 4.60. The van der Waals surface area contributed by atoms with Crippen LogP contribution in [0.1, 0.15) is 17.4 Å². The summed E-state index contributed by atoms with van der Waals surface area (Å²) in [6, 6.07) is 10.8. The van der Waals surface area contributed by atoms with Crippen LogP contribution in [0.3, 0.4) is 0 Å². The fourth-order valence-corrected chi connectivity index (χ4v) is 2.59. The fraction of sp³-hybridized carbons (Fsp3) is 0.0625. The van der Waals surface area contributed by atoms with Gasteiger partial charge in [0.2, 0.25) is 11.8 Å². The number of carbonyl (C=O) groups excluding carboxylic acids is 2. The molecule has 0 saturated carbocycles. The second kappa shape index (κ2) is 5.95. The number of carbonyl (C=O) groups is 2. The predicted octanol–water partition coefficient (Wildman–Crippen LogP) is 3.05.